The highest BCUT2D eigenvalue weighted by Crippen LogP contribution is 2.24. The van der Waals surface area contributed by atoms with E-state index in [0.717, 1.165) is 0 Å². The molecule has 1 N–H and O–H groups in total. The van der Waals surface area contributed by atoms with E-state index in [1.165, 1.54) is 30.3 Å². The fourth-order valence-electron chi connectivity index (χ4n) is 2.13. The van der Waals surface area contributed by atoms with Gasteiger partial charge < -0.3 is 4.98 Å². The highest BCUT2D eigenvalue weighted by atomic mass is 19.1. The molecule has 2 aromatic carbocycles. The smallest absolute Gasteiger partial charge is 0.256 e. The van der Waals surface area contributed by atoms with Crippen LogP contribution in [-0.4, -0.2) is 4.98 Å². The number of hydrogen-bond acceptors (Lipinski definition) is 1. The van der Waals surface area contributed by atoms with Gasteiger partial charge in [-0.1, -0.05) is 0 Å². The number of aryl methyl sites for hydroxylation is 1. The van der Waals surface area contributed by atoms with Crippen molar-refractivity contribution in [2.75, 3.05) is 0 Å². The molecule has 1 aromatic heterocycles. The van der Waals surface area contributed by atoms with Gasteiger partial charge in [0, 0.05) is 16.3 Å². The van der Waals surface area contributed by atoms with Crippen LogP contribution in [0.2, 0.25) is 0 Å². The normalized spacial score (nSPS) is 11.3. The summed E-state index contributed by atoms with van der Waals surface area (Å²) in [5.74, 6) is -0.824. The van der Waals surface area contributed by atoms with Crippen molar-refractivity contribution in [2.24, 2.45) is 0 Å². The highest BCUT2D eigenvalue weighted by Gasteiger charge is 2.09. The van der Waals surface area contributed by atoms with E-state index in [1.807, 2.05) is 0 Å². The summed E-state index contributed by atoms with van der Waals surface area (Å²) < 4.78 is 26.9. The first-order valence-electron chi connectivity index (χ1n) is 5.47. The fraction of sp³-hybridized carbons (Fsp3) is 0.0714. The monoisotopic (exact) mass is 245 g/mol. The molecule has 0 radical (unpaired) electrons. The SMILES string of the molecule is Cc1cc2c(=O)[nH]c3ccc(F)cc3c2cc1F. The Kier molecular flexibility index (Phi) is 2.20. The molecule has 0 bridgehead atoms. The largest absolute Gasteiger partial charge is 0.321 e. The van der Waals surface area contributed by atoms with E-state index < -0.39 is 11.6 Å². The zero-order valence-electron chi connectivity index (χ0n) is 9.55. The minimum absolute atomic E-state index is 0.299. The standard InChI is InChI=1S/C14H9F2NO/c1-7-4-11-9(6-12(7)16)10-5-8(15)2-3-13(10)17-14(11)18/h2-6H,1H3,(H,17,18). The van der Waals surface area contributed by atoms with Gasteiger partial charge in [-0.15, -0.1) is 0 Å². The molecule has 18 heavy (non-hydrogen) atoms. The van der Waals surface area contributed by atoms with E-state index in [-0.39, 0.29) is 5.56 Å². The minimum atomic E-state index is -0.420. The van der Waals surface area contributed by atoms with E-state index in [4.69, 9.17) is 0 Å². The third kappa shape index (κ3) is 1.49. The van der Waals surface area contributed by atoms with Gasteiger partial charge in [-0.3, -0.25) is 4.79 Å². The van der Waals surface area contributed by atoms with Gasteiger partial charge in [-0.2, -0.15) is 0 Å². The molecular formula is C14H9F2NO. The van der Waals surface area contributed by atoms with Crippen LogP contribution < -0.4 is 5.56 Å². The molecule has 4 heteroatoms. The van der Waals surface area contributed by atoms with Crippen LogP contribution in [0.15, 0.2) is 35.1 Å². The number of rotatable bonds is 0. The molecule has 0 fully saturated rings. The van der Waals surface area contributed by atoms with Gasteiger partial charge in [0.15, 0.2) is 0 Å². The summed E-state index contributed by atoms with van der Waals surface area (Å²) in [6.45, 7) is 1.59. The van der Waals surface area contributed by atoms with Crippen LogP contribution >= 0.6 is 0 Å². The number of pyridine rings is 1. The number of halogens is 2. The lowest BCUT2D eigenvalue weighted by atomic mass is 10.0. The average Bonchev–Trinajstić information content (AvgIpc) is 2.33. The summed E-state index contributed by atoms with van der Waals surface area (Å²) in [7, 11) is 0. The van der Waals surface area contributed by atoms with Gasteiger partial charge in [0.05, 0.1) is 0 Å². The third-order valence-corrected chi connectivity index (χ3v) is 3.06. The van der Waals surface area contributed by atoms with Crippen LogP contribution in [0.4, 0.5) is 8.78 Å². The summed E-state index contributed by atoms with van der Waals surface area (Å²) in [4.78, 5) is 14.5. The molecule has 0 amide bonds. The van der Waals surface area contributed by atoms with Crippen molar-refractivity contribution in [1.29, 1.82) is 0 Å². The second kappa shape index (κ2) is 3.63. The molecule has 3 aromatic rings. The van der Waals surface area contributed by atoms with Crippen molar-refractivity contribution in [3.8, 4) is 0 Å². The van der Waals surface area contributed by atoms with Gasteiger partial charge in [0.1, 0.15) is 11.6 Å². The number of H-pyrrole nitrogens is 1. The van der Waals surface area contributed by atoms with Crippen molar-refractivity contribution in [1.82, 2.24) is 4.98 Å². The summed E-state index contributed by atoms with van der Waals surface area (Å²) in [5, 5.41) is 1.30. The maximum atomic E-state index is 13.6. The Morgan fingerprint density at radius 3 is 2.56 bits per heavy atom. The zero-order valence-corrected chi connectivity index (χ0v) is 9.55. The van der Waals surface area contributed by atoms with Gasteiger partial charge in [-0.25, -0.2) is 8.78 Å². The molecule has 0 aliphatic carbocycles. The molecule has 3 rings (SSSR count). The number of nitrogens with one attached hydrogen (secondary N) is 1. The van der Waals surface area contributed by atoms with Crippen molar-refractivity contribution >= 4 is 21.7 Å². The molecule has 0 unspecified atom stereocenters. The van der Waals surface area contributed by atoms with Crippen molar-refractivity contribution in [3.05, 3.63) is 57.9 Å². The van der Waals surface area contributed by atoms with Crippen LogP contribution in [0.25, 0.3) is 21.7 Å². The second-order valence-corrected chi connectivity index (χ2v) is 4.29. The predicted molar refractivity (Wildman–Crippen MR) is 66.7 cm³/mol. The zero-order chi connectivity index (χ0) is 12.9. The van der Waals surface area contributed by atoms with Crippen molar-refractivity contribution < 1.29 is 8.78 Å². The number of aromatic nitrogens is 1. The van der Waals surface area contributed by atoms with Crippen LogP contribution in [0, 0.1) is 18.6 Å². The molecule has 0 saturated heterocycles. The lowest BCUT2D eigenvalue weighted by Crippen LogP contribution is -2.07. The van der Waals surface area contributed by atoms with Crippen molar-refractivity contribution in [3.63, 3.8) is 0 Å². The Bertz CT molecular complexity index is 836. The first kappa shape index (κ1) is 10.9. The lowest BCUT2D eigenvalue weighted by molar-refractivity contribution is 0.620. The second-order valence-electron chi connectivity index (χ2n) is 4.29. The first-order valence-corrected chi connectivity index (χ1v) is 5.47. The molecule has 2 nitrogen and oxygen atoms in total. The minimum Gasteiger partial charge on any atom is -0.321 e. The fourth-order valence-corrected chi connectivity index (χ4v) is 2.13. The van der Waals surface area contributed by atoms with E-state index >= 15 is 0 Å². The highest BCUT2D eigenvalue weighted by molar-refractivity contribution is 6.05. The molecule has 0 aliphatic heterocycles. The van der Waals surface area contributed by atoms with Crippen molar-refractivity contribution in [2.45, 2.75) is 6.92 Å². The van der Waals surface area contributed by atoms with Gasteiger partial charge in [0.25, 0.3) is 5.56 Å². The Balaban J connectivity index is 2.63. The number of benzene rings is 2. The van der Waals surface area contributed by atoms with E-state index in [9.17, 15) is 13.6 Å². The molecule has 90 valence electrons. The number of fused-ring (bicyclic) bond motifs is 3. The van der Waals surface area contributed by atoms with Crippen LogP contribution in [-0.2, 0) is 0 Å². The first-order chi connectivity index (χ1) is 8.56. The lowest BCUT2D eigenvalue weighted by Gasteiger charge is -2.05. The van der Waals surface area contributed by atoms with E-state index in [2.05, 4.69) is 4.98 Å². The molecule has 0 spiro atoms. The Morgan fingerprint density at radius 2 is 1.78 bits per heavy atom. The third-order valence-electron chi connectivity index (χ3n) is 3.06. The predicted octanol–water partition coefficient (Wildman–Crippen LogP) is 3.27. The summed E-state index contributed by atoms with van der Waals surface area (Å²) in [5.41, 5.74) is 0.591. The summed E-state index contributed by atoms with van der Waals surface area (Å²) in [6, 6.07) is 6.79. The molecule has 0 aliphatic rings. The number of aromatic amines is 1. The molecular weight excluding hydrogens is 236 g/mol. The Hall–Kier alpha value is -2.23. The number of hydrogen-bond donors (Lipinski definition) is 1. The summed E-state index contributed by atoms with van der Waals surface area (Å²) in [6.07, 6.45) is 0. The van der Waals surface area contributed by atoms with Gasteiger partial charge >= 0.3 is 0 Å². The molecule has 0 atom stereocenters. The maximum absolute atomic E-state index is 13.6. The summed E-state index contributed by atoms with van der Waals surface area (Å²) >= 11 is 0. The van der Waals surface area contributed by atoms with Gasteiger partial charge in [-0.05, 0) is 48.2 Å². The van der Waals surface area contributed by atoms with Crippen LogP contribution in [0.5, 0.6) is 0 Å². The molecule has 0 saturated carbocycles. The quantitative estimate of drug-likeness (QED) is 0.606. The topological polar surface area (TPSA) is 32.9 Å². The maximum Gasteiger partial charge on any atom is 0.256 e. The average molecular weight is 245 g/mol. The van der Waals surface area contributed by atoms with Crippen LogP contribution in [0.3, 0.4) is 0 Å². The Morgan fingerprint density at radius 1 is 1.00 bits per heavy atom. The van der Waals surface area contributed by atoms with Gasteiger partial charge in [0.2, 0.25) is 0 Å². The van der Waals surface area contributed by atoms with E-state index in [1.54, 1.807) is 6.92 Å². The Labute approximate surface area is 101 Å². The van der Waals surface area contributed by atoms with E-state index in [0.29, 0.717) is 27.2 Å². The molecule has 1 heterocycles. The van der Waals surface area contributed by atoms with Crippen LogP contribution in [0.1, 0.15) is 5.56 Å².